The summed E-state index contributed by atoms with van der Waals surface area (Å²) in [6.07, 6.45) is 0.862. The molecule has 1 atom stereocenters. The highest BCUT2D eigenvalue weighted by Gasteiger charge is 2.14. The quantitative estimate of drug-likeness (QED) is 0.941. The summed E-state index contributed by atoms with van der Waals surface area (Å²) < 4.78 is 3.12. The number of halogens is 1. The number of rotatable bonds is 4. The van der Waals surface area contributed by atoms with Gasteiger partial charge >= 0.3 is 0 Å². The fraction of sp³-hybridized carbons (Fsp3) is 0.417. The van der Waals surface area contributed by atoms with E-state index in [1.807, 2.05) is 11.6 Å². The zero-order valence-corrected chi connectivity index (χ0v) is 12.4. The van der Waals surface area contributed by atoms with E-state index in [0.717, 1.165) is 28.8 Å². The Balaban J connectivity index is 2.16. The Labute approximate surface area is 114 Å². The van der Waals surface area contributed by atoms with Crippen molar-refractivity contribution in [3.63, 3.8) is 0 Å². The molecule has 2 heterocycles. The van der Waals surface area contributed by atoms with E-state index < -0.39 is 0 Å². The molecule has 92 valence electrons. The first-order chi connectivity index (χ1) is 8.10. The van der Waals surface area contributed by atoms with Crippen molar-refractivity contribution in [3.8, 4) is 0 Å². The fourth-order valence-corrected chi connectivity index (χ4v) is 3.41. The van der Waals surface area contributed by atoms with Gasteiger partial charge in [-0.2, -0.15) is 5.10 Å². The maximum absolute atomic E-state index is 6.26. The second-order valence-corrected chi connectivity index (χ2v) is 5.98. The molecule has 2 aromatic rings. The maximum Gasteiger partial charge on any atom is 0.0597 e. The van der Waals surface area contributed by atoms with Crippen molar-refractivity contribution in [3.05, 3.63) is 38.3 Å². The number of hydrogen-bond donors (Lipinski definition) is 1. The van der Waals surface area contributed by atoms with Crippen molar-refractivity contribution in [1.29, 1.82) is 0 Å². The normalized spacial score (nSPS) is 12.9. The summed E-state index contributed by atoms with van der Waals surface area (Å²) in [7, 11) is 0. The van der Waals surface area contributed by atoms with Crippen LogP contribution in [0.25, 0.3) is 0 Å². The molecule has 5 heteroatoms. The molecule has 0 aromatic carbocycles. The maximum atomic E-state index is 6.26. The van der Waals surface area contributed by atoms with E-state index in [4.69, 9.17) is 5.73 Å². The van der Waals surface area contributed by atoms with E-state index in [0.29, 0.717) is 0 Å². The largest absolute Gasteiger partial charge is 0.322 e. The molecule has 0 aliphatic rings. The minimum absolute atomic E-state index is 0.0155. The predicted octanol–water partition coefficient (Wildman–Crippen LogP) is 3.28. The monoisotopic (exact) mass is 313 g/mol. The van der Waals surface area contributed by atoms with E-state index >= 15 is 0 Å². The summed E-state index contributed by atoms with van der Waals surface area (Å²) in [5.74, 6) is 0. The molecule has 0 spiro atoms. The van der Waals surface area contributed by atoms with Crippen LogP contribution in [-0.4, -0.2) is 9.78 Å². The van der Waals surface area contributed by atoms with Gasteiger partial charge in [0.05, 0.1) is 17.4 Å². The summed E-state index contributed by atoms with van der Waals surface area (Å²) in [5, 5.41) is 6.52. The van der Waals surface area contributed by atoms with Gasteiger partial charge in [-0.25, -0.2) is 0 Å². The third-order valence-electron chi connectivity index (χ3n) is 2.66. The van der Waals surface area contributed by atoms with Gasteiger partial charge in [-0.3, -0.25) is 4.68 Å². The van der Waals surface area contributed by atoms with Gasteiger partial charge in [0.15, 0.2) is 0 Å². The molecule has 3 nitrogen and oxygen atoms in total. The molecule has 0 saturated heterocycles. The topological polar surface area (TPSA) is 43.8 Å². The van der Waals surface area contributed by atoms with Crippen molar-refractivity contribution in [2.45, 2.75) is 32.9 Å². The molecule has 0 radical (unpaired) electrons. The number of aromatic nitrogens is 2. The zero-order valence-electron chi connectivity index (χ0n) is 9.98. The van der Waals surface area contributed by atoms with Crippen molar-refractivity contribution in [1.82, 2.24) is 9.78 Å². The Hall–Kier alpha value is -0.650. The second kappa shape index (κ2) is 5.33. The molecule has 0 saturated carbocycles. The van der Waals surface area contributed by atoms with Crippen LogP contribution in [0, 0.1) is 6.92 Å². The molecule has 0 bridgehead atoms. The molecular formula is C12H16BrN3S. The van der Waals surface area contributed by atoms with E-state index in [1.165, 1.54) is 4.88 Å². The lowest BCUT2D eigenvalue weighted by atomic mass is 10.1. The Kier molecular flexibility index (Phi) is 4.01. The summed E-state index contributed by atoms with van der Waals surface area (Å²) in [4.78, 5) is 1.30. The predicted molar refractivity (Wildman–Crippen MR) is 75.3 cm³/mol. The summed E-state index contributed by atoms with van der Waals surface area (Å²) in [6.45, 7) is 4.96. The molecule has 2 aromatic heterocycles. The average molecular weight is 314 g/mol. The summed E-state index contributed by atoms with van der Waals surface area (Å²) >= 11 is 5.20. The highest BCUT2D eigenvalue weighted by atomic mass is 79.9. The van der Waals surface area contributed by atoms with Crippen LogP contribution in [-0.2, 0) is 13.0 Å². The highest BCUT2D eigenvalue weighted by molar-refractivity contribution is 9.10. The van der Waals surface area contributed by atoms with Gasteiger partial charge in [0.25, 0.3) is 0 Å². The van der Waals surface area contributed by atoms with Gasteiger partial charge in [0.2, 0.25) is 0 Å². The van der Waals surface area contributed by atoms with Crippen LogP contribution in [0.4, 0.5) is 0 Å². The summed E-state index contributed by atoms with van der Waals surface area (Å²) in [5.41, 5.74) is 8.41. The summed E-state index contributed by atoms with van der Waals surface area (Å²) in [6, 6.07) is 4.22. The Morgan fingerprint density at radius 3 is 2.88 bits per heavy atom. The minimum atomic E-state index is 0.0155. The van der Waals surface area contributed by atoms with Crippen LogP contribution >= 0.6 is 27.3 Å². The minimum Gasteiger partial charge on any atom is -0.322 e. The highest BCUT2D eigenvalue weighted by Crippen LogP contribution is 2.24. The third-order valence-corrected chi connectivity index (χ3v) is 4.38. The van der Waals surface area contributed by atoms with Crippen molar-refractivity contribution in [2.24, 2.45) is 5.73 Å². The first kappa shape index (κ1) is 12.8. The van der Waals surface area contributed by atoms with Crippen LogP contribution in [0.1, 0.15) is 29.2 Å². The smallest absolute Gasteiger partial charge is 0.0597 e. The molecule has 0 fully saturated rings. The van der Waals surface area contributed by atoms with Crippen molar-refractivity contribution < 1.29 is 0 Å². The van der Waals surface area contributed by atoms with Crippen LogP contribution in [0.15, 0.2) is 22.0 Å². The number of aryl methyl sites for hydroxylation is 2. The van der Waals surface area contributed by atoms with Crippen molar-refractivity contribution >= 4 is 27.3 Å². The average Bonchev–Trinajstić information content (AvgIpc) is 2.84. The van der Waals surface area contributed by atoms with Gasteiger partial charge in [0, 0.05) is 27.7 Å². The Bertz CT molecular complexity index is 504. The molecule has 2 rings (SSSR count). The van der Waals surface area contributed by atoms with Crippen molar-refractivity contribution in [2.75, 3.05) is 0 Å². The third kappa shape index (κ3) is 2.97. The van der Waals surface area contributed by atoms with E-state index in [2.05, 4.69) is 45.5 Å². The molecule has 17 heavy (non-hydrogen) atoms. The van der Waals surface area contributed by atoms with Gasteiger partial charge in [-0.15, -0.1) is 11.3 Å². The Morgan fingerprint density at radius 2 is 2.29 bits per heavy atom. The SMILES string of the molecule is CCn1nc(C)cc1C(N)Cc1cc(Br)cs1. The first-order valence-electron chi connectivity index (χ1n) is 5.63. The number of nitrogens with two attached hydrogens (primary N) is 1. The molecule has 0 amide bonds. The van der Waals surface area contributed by atoms with Crippen LogP contribution in [0.2, 0.25) is 0 Å². The van der Waals surface area contributed by atoms with Crippen LogP contribution < -0.4 is 5.73 Å². The second-order valence-electron chi connectivity index (χ2n) is 4.07. The van der Waals surface area contributed by atoms with E-state index in [1.54, 1.807) is 11.3 Å². The van der Waals surface area contributed by atoms with Gasteiger partial charge in [-0.1, -0.05) is 0 Å². The molecule has 0 aliphatic carbocycles. The number of hydrogen-bond acceptors (Lipinski definition) is 3. The fourth-order valence-electron chi connectivity index (χ4n) is 1.90. The van der Waals surface area contributed by atoms with Gasteiger partial charge in [0.1, 0.15) is 0 Å². The van der Waals surface area contributed by atoms with E-state index in [-0.39, 0.29) is 6.04 Å². The number of nitrogens with zero attached hydrogens (tertiary/aromatic N) is 2. The molecular weight excluding hydrogens is 298 g/mol. The lowest BCUT2D eigenvalue weighted by Crippen LogP contribution is -2.17. The zero-order chi connectivity index (χ0) is 12.4. The molecule has 1 unspecified atom stereocenters. The Morgan fingerprint density at radius 1 is 1.53 bits per heavy atom. The number of thiophene rings is 1. The molecule has 2 N–H and O–H groups in total. The van der Waals surface area contributed by atoms with Gasteiger partial charge in [-0.05, 0) is 41.9 Å². The molecule has 0 aliphatic heterocycles. The lowest BCUT2D eigenvalue weighted by molar-refractivity contribution is 0.568. The first-order valence-corrected chi connectivity index (χ1v) is 7.30. The van der Waals surface area contributed by atoms with E-state index in [9.17, 15) is 0 Å². The standard InChI is InChI=1S/C12H16BrN3S/c1-3-16-12(4-8(2)15-16)11(14)6-10-5-9(13)7-17-10/h4-5,7,11H,3,6,14H2,1-2H3. The van der Waals surface area contributed by atoms with Crippen LogP contribution in [0.5, 0.6) is 0 Å². The lowest BCUT2D eigenvalue weighted by Gasteiger charge is -2.12. The van der Waals surface area contributed by atoms with Crippen LogP contribution in [0.3, 0.4) is 0 Å². The van der Waals surface area contributed by atoms with Gasteiger partial charge < -0.3 is 5.73 Å².